The van der Waals surface area contributed by atoms with E-state index in [4.69, 9.17) is 5.11 Å². The van der Waals surface area contributed by atoms with E-state index in [1.54, 1.807) is 30.2 Å². The van der Waals surface area contributed by atoms with Crippen LogP contribution in [0.4, 0.5) is 5.69 Å². The van der Waals surface area contributed by atoms with Crippen LogP contribution in [0.1, 0.15) is 11.9 Å². The Morgan fingerprint density at radius 1 is 1.37 bits per heavy atom. The number of carboxylic acid groups (broad SMARTS) is 1. The minimum Gasteiger partial charge on any atom is -0.480 e. The Hall–Kier alpha value is -1.88. The van der Waals surface area contributed by atoms with Crippen LogP contribution in [0.25, 0.3) is 11.3 Å². The summed E-state index contributed by atoms with van der Waals surface area (Å²) in [7, 11) is 1.78. The Morgan fingerprint density at radius 2 is 2.00 bits per heavy atom. The number of anilines is 1. The van der Waals surface area contributed by atoms with Crippen molar-refractivity contribution in [2.24, 2.45) is 0 Å². The molecule has 1 aromatic carbocycles. The SMILES string of the molecule is Cc1nc(-c2ccc(N(C)C(C)C(=O)O)cc2)cs1. The van der Waals surface area contributed by atoms with Crippen LogP contribution in [0.2, 0.25) is 0 Å². The number of thiazole rings is 1. The molecule has 0 bridgehead atoms. The molecule has 1 aromatic heterocycles. The normalized spacial score (nSPS) is 12.2. The highest BCUT2D eigenvalue weighted by atomic mass is 32.1. The van der Waals surface area contributed by atoms with Gasteiger partial charge < -0.3 is 10.0 Å². The zero-order valence-corrected chi connectivity index (χ0v) is 11.9. The highest BCUT2D eigenvalue weighted by molar-refractivity contribution is 7.09. The summed E-state index contributed by atoms with van der Waals surface area (Å²) in [5, 5.41) is 12.1. The van der Waals surface area contributed by atoms with Crippen LogP contribution in [0.5, 0.6) is 0 Å². The van der Waals surface area contributed by atoms with Gasteiger partial charge in [-0.2, -0.15) is 0 Å². The van der Waals surface area contributed by atoms with Crippen molar-refractivity contribution < 1.29 is 9.90 Å². The van der Waals surface area contributed by atoms with Gasteiger partial charge in [0.25, 0.3) is 0 Å². The minimum absolute atomic E-state index is 0.549. The molecule has 5 heteroatoms. The molecule has 100 valence electrons. The molecule has 0 fully saturated rings. The lowest BCUT2D eigenvalue weighted by atomic mass is 10.1. The van der Waals surface area contributed by atoms with Crippen LogP contribution in [0.15, 0.2) is 29.6 Å². The van der Waals surface area contributed by atoms with E-state index in [0.717, 1.165) is 22.0 Å². The summed E-state index contributed by atoms with van der Waals surface area (Å²) in [6, 6.07) is 7.23. The number of aliphatic carboxylic acids is 1. The summed E-state index contributed by atoms with van der Waals surface area (Å²) in [4.78, 5) is 17.1. The van der Waals surface area contributed by atoms with E-state index in [1.807, 2.05) is 36.6 Å². The van der Waals surface area contributed by atoms with Gasteiger partial charge in [-0.3, -0.25) is 0 Å². The number of benzene rings is 1. The van der Waals surface area contributed by atoms with Gasteiger partial charge in [-0.05, 0) is 26.0 Å². The second kappa shape index (κ2) is 5.40. The van der Waals surface area contributed by atoms with E-state index >= 15 is 0 Å². The maximum atomic E-state index is 11.0. The number of aromatic nitrogens is 1. The van der Waals surface area contributed by atoms with Crippen molar-refractivity contribution in [1.29, 1.82) is 0 Å². The number of rotatable bonds is 4. The average Bonchev–Trinajstić information content (AvgIpc) is 2.84. The van der Waals surface area contributed by atoms with Gasteiger partial charge in [-0.15, -0.1) is 11.3 Å². The number of hydrogen-bond acceptors (Lipinski definition) is 4. The molecule has 0 amide bonds. The van der Waals surface area contributed by atoms with Crippen molar-refractivity contribution in [3.8, 4) is 11.3 Å². The first-order valence-electron chi connectivity index (χ1n) is 5.97. The molecule has 1 heterocycles. The van der Waals surface area contributed by atoms with Crippen molar-refractivity contribution >= 4 is 23.0 Å². The molecule has 0 saturated carbocycles. The van der Waals surface area contributed by atoms with Crippen LogP contribution < -0.4 is 4.90 Å². The standard InChI is InChI=1S/C14H16N2O2S/c1-9(14(17)18)16(3)12-6-4-11(5-7-12)13-8-19-10(2)15-13/h4-9H,1-3H3,(H,17,18). The molecule has 0 saturated heterocycles. The number of nitrogens with zero attached hydrogens (tertiary/aromatic N) is 2. The zero-order valence-electron chi connectivity index (χ0n) is 11.1. The highest BCUT2D eigenvalue weighted by Crippen LogP contribution is 2.24. The predicted molar refractivity (Wildman–Crippen MR) is 77.8 cm³/mol. The Morgan fingerprint density at radius 3 is 2.47 bits per heavy atom. The summed E-state index contributed by atoms with van der Waals surface area (Å²) in [5.74, 6) is -0.832. The largest absolute Gasteiger partial charge is 0.480 e. The molecule has 2 rings (SSSR count). The van der Waals surface area contributed by atoms with Crippen molar-refractivity contribution in [3.05, 3.63) is 34.7 Å². The summed E-state index contributed by atoms with van der Waals surface area (Å²) < 4.78 is 0. The molecule has 4 nitrogen and oxygen atoms in total. The van der Waals surface area contributed by atoms with Crippen molar-refractivity contribution in [1.82, 2.24) is 4.98 Å². The van der Waals surface area contributed by atoms with Crippen LogP contribution >= 0.6 is 11.3 Å². The zero-order chi connectivity index (χ0) is 14.0. The summed E-state index contributed by atoms with van der Waals surface area (Å²) in [5.41, 5.74) is 2.89. The van der Waals surface area contributed by atoms with Gasteiger partial charge in [0.2, 0.25) is 0 Å². The molecule has 1 unspecified atom stereocenters. The lowest BCUT2D eigenvalue weighted by Crippen LogP contribution is -2.35. The third kappa shape index (κ3) is 2.93. The highest BCUT2D eigenvalue weighted by Gasteiger charge is 2.17. The fraction of sp³-hybridized carbons (Fsp3) is 0.286. The molecular formula is C14H16N2O2S. The number of hydrogen-bond donors (Lipinski definition) is 1. The monoisotopic (exact) mass is 276 g/mol. The van der Waals surface area contributed by atoms with Crippen molar-refractivity contribution in [2.45, 2.75) is 19.9 Å². The molecule has 0 aliphatic carbocycles. The Balaban J connectivity index is 2.21. The first kappa shape index (κ1) is 13.5. The molecule has 0 aliphatic rings. The minimum atomic E-state index is -0.832. The van der Waals surface area contributed by atoms with Gasteiger partial charge in [0.1, 0.15) is 6.04 Å². The van der Waals surface area contributed by atoms with E-state index < -0.39 is 12.0 Å². The maximum absolute atomic E-state index is 11.0. The third-order valence-electron chi connectivity index (χ3n) is 3.13. The second-order valence-corrected chi connectivity index (χ2v) is 5.49. The van der Waals surface area contributed by atoms with Gasteiger partial charge in [0, 0.05) is 23.7 Å². The topological polar surface area (TPSA) is 53.4 Å². The molecule has 0 aliphatic heterocycles. The molecule has 0 radical (unpaired) electrons. The lowest BCUT2D eigenvalue weighted by molar-refractivity contribution is -0.138. The molecule has 1 N–H and O–H groups in total. The Kier molecular flexibility index (Phi) is 3.85. The average molecular weight is 276 g/mol. The number of likely N-dealkylation sites (N-methyl/N-ethyl adjacent to an activating group) is 1. The second-order valence-electron chi connectivity index (χ2n) is 4.42. The third-order valence-corrected chi connectivity index (χ3v) is 3.90. The smallest absolute Gasteiger partial charge is 0.326 e. The van der Waals surface area contributed by atoms with E-state index in [0.29, 0.717) is 0 Å². The van der Waals surface area contributed by atoms with E-state index in [2.05, 4.69) is 4.98 Å². The van der Waals surface area contributed by atoms with E-state index in [-0.39, 0.29) is 0 Å². The van der Waals surface area contributed by atoms with Crippen LogP contribution in [0, 0.1) is 6.92 Å². The summed E-state index contributed by atoms with van der Waals surface area (Å²) >= 11 is 1.62. The van der Waals surface area contributed by atoms with Crippen molar-refractivity contribution in [2.75, 3.05) is 11.9 Å². The first-order chi connectivity index (χ1) is 8.99. The van der Waals surface area contributed by atoms with E-state index in [1.165, 1.54) is 0 Å². The van der Waals surface area contributed by atoms with Gasteiger partial charge >= 0.3 is 5.97 Å². The van der Waals surface area contributed by atoms with Crippen LogP contribution in [-0.2, 0) is 4.79 Å². The molecule has 19 heavy (non-hydrogen) atoms. The predicted octanol–water partition coefficient (Wildman–Crippen LogP) is 3.03. The number of carboxylic acids is 1. The molecular weight excluding hydrogens is 260 g/mol. The maximum Gasteiger partial charge on any atom is 0.326 e. The molecule has 1 atom stereocenters. The lowest BCUT2D eigenvalue weighted by Gasteiger charge is -2.23. The van der Waals surface area contributed by atoms with Gasteiger partial charge in [0.15, 0.2) is 0 Å². The van der Waals surface area contributed by atoms with Gasteiger partial charge in [0.05, 0.1) is 10.7 Å². The van der Waals surface area contributed by atoms with Crippen molar-refractivity contribution in [3.63, 3.8) is 0 Å². The fourth-order valence-corrected chi connectivity index (χ4v) is 2.37. The summed E-state index contributed by atoms with van der Waals surface area (Å²) in [6.07, 6.45) is 0. The van der Waals surface area contributed by atoms with Crippen LogP contribution in [0.3, 0.4) is 0 Å². The van der Waals surface area contributed by atoms with Gasteiger partial charge in [-0.25, -0.2) is 9.78 Å². The van der Waals surface area contributed by atoms with E-state index in [9.17, 15) is 4.79 Å². The Labute approximate surface area is 116 Å². The quantitative estimate of drug-likeness (QED) is 0.932. The number of carbonyl (C=O) groups is 1. The first-order valence-corrected chi connectivity index (χ1v) is 6.85. The Bertz CT molecular complexity index is 577. The summed E-state index contributed by atoms with van der Waals surface area (Å²) in [6.45, 7) is 3.64. The van der Waals surface area contributed by atoms with Gasteiger partial charge in [-0.1, -0.05) is 12.1 Å². The fourth-order valence-electron chi connectivity index (χ4n) is 1.75. The van der Waals surface area contributed by atoms with Crippen LogP contribution in [-0.4, -0.2) is 29.1 Å². The number of aryl methyl sites for hydroxylation is 1. The molecule has 2 aromatic rings. The molecule has 0 spiro atoms.